The maximum Gasteiger partial charge on any atom is 0.303 e. The van der Waals surface area contributed by atoms with Gasteiger partial charge in [0.2, 0.25) is 0 Å². The van der Waals surface area contributed by atoms with Crippen molar-refractivity contribution in [3.05, 3.63) is 65.3 Å². The number of phenolic OH excluding ortho intramolecular Hbond substituents is 1. The summed E-state index contributed by atoms with van der Waals surface area (Å²) in [5.74, 6) is -0.0699. The topological polar surface area (TPSA) is 71.7 Å². The Hall–Kier alpha value is -2.92. The molecular weight excluding hydrogens is 354 g/mol. The number of aromatic nitrogens is 1. The number of phenols is 1. The van der Waals surface area contributed by atoms with Gasteiger partial charge in [-0.1, -0.05) is 11.6 Å². The third-order valence-corrected chi connectivity index (χ3v) is 4.36. The van der Waals surface area contributed by atoms with Crippen LogP contribution in [0.5, 0.6) is 11.5 Å². The normalized spacial score (nSPS) is 10.7. The number of ether oxygens (including phenoxy) is 1. The molecule has 0 aliphatic rings. The molecule has 0 aliphatic heterocycles. The van der Waals surface area contributed by atoms with E-state index in [2.05, 4.69) is 0 Å². The van der Waals surface area contributed by atoms with Gasteiger partial charge in [-0.15, -0.1) is 0 Å². The van der Waals surface area contributed by atoms with Crippen molar-refractivity contribution in [2.75, 3.05) is 7.11 Å². The molecule has 6 heteroatoms. The summed E-state index contributed by atoms with van der Waals surface area (Å²) in [6, 6.07) is 16.1. The molecule has 5 nitrogen and oxygen atoms in total. The standard InChI is InChI=1S/C20H18ClNO4/c1-26-16-7-2-13(3-8-16)17-9-5-15(6-11-20(24)25)22(17)18-12-14(21)4-10-19(18)23/h2-5,7-10,12,23H,6,11H2,1H3,(H,24,25). The Bertz CT molecular complexity index is 931. The second kappa shape index (κ2) is 7.54. The third-order valence-electron chi connectivity index (χ3n) is 4.12. The lowest BCUT2D eigenvalue weighted by molar-refractivity contribution is -0.136. The minimum atomic E-state index is -0.876. The first kappa shape index (κ1) is 17.9. The van der Waals surface area contributed by atoms with Gasteiger partial charge in [-0.05, 0) is 66.6 Å². The molecule has 0 aliphatic carbocycles. The number of carboxylic acid groups (broad SMARTS) is 1. The van der Waals surface area contributed by atoms with Gasteiger partial charge in [-0.25, -0.2) is 0 Å². The van der Waals surface area contributed by atoms with Crippen LogP contribution in [0.1, 0.15) is 12.1 Å². The average Bonchev–Trinajstić information content (AvgIpc) is 3.05. The number of benzene rings is 2. The van der Waals surface area contributed by atoms with Crippen LogP contribution in [0.25, 0.3) is 16.9 Å². The summed E-state index contributed by atoms with van der Waals surface area (Å²) in [6.45, 7) is 0. The van der Waals surface area contributed by atoms with Gasteiger partial charge in [-0.2, -0.15) is 0 Å². The molecule has 0 saturated carbocycles. The quantitative estimate of drug-likeness (QED) is 0.667. The Morgan fingerprint density at radius 3 is 2.50 bits per heavy atom. The minimum absolute atomic E-state index is 0.00655. The van der Waals surface area contributed by atoms with Gasteiger partial charge in [0, 0.05) is 10.7 Å². The van der Waals surface area contributed by atoms with Crippen LogP contribution in [-0.2, 0) is 11.2 Å². The van der Waals surface area contributed by atoms with E-state index in [9.17, 15) is 9.90 Å². The molecule has 3 aromatic rings. The second-order valence-electron chi connectivity index (χ2n) is 5.80. The summed E-state index contributed by atoms with van der Waals surface area (Å²) < 4.78 is 7.03. The van der Waals surface area contributed by atoms with Gasteiger partial charge < -0.3 is 19.5 Å². The fourth-order valence-corrected chi connectivity index (χ4v) is 3.02. The Kier molecular flexibility index (Phi) is 5.19. The Labute approximate surface area is 156 Å². The number of aliphatic carboxylic acids is 1. The van der Waals surface area contributed by atoms with E-state index in [0.29, 0.717) is 17.1 Å². The molecule has 3 rings (SSSR count). The summed E-state index contributed by atoms with van der Waals surface area (Å²) in [4.78, 5) is 11.0. The fraction of sp³-hybridized carbons (Fsp3) is 0.150. The van der Waals surface area contributed by atoms with Crippen molar-refractivity contribution in [3.8, 4) is 28.4 Å². The number of halogens is 1. The van der Waals surface area contributed by atoms with Gasteiger partial charge in [0.05, 0.1) is 24.9 Å². The molecule has 134 valence electrons. The van der Waals surface area contributed by atoms with Crippen molar-refractivity contribution in [2.45, 2.75) is 12.8 Å². The highest BCUT2D eigenvalue weighted by molar-refractivity contribution is 6.30. The summed E-state index contributed by atoms with van der Waals surface area (Å²) in [5, 5.41) is 19.9. The van der Waals surface area contributed by atoms with E-state index in [-0.39, 0.29) is 12.2 Å². The van der Waals surface area contributed by atoms with E-state index in [1.165, 1.54) is 6.07 Å². The van der Waals surface area contributed by atoms with Crippen LogP contribution in [0.4, 0.5) is 0 Å². The van der Waals surface area contributed by atoms with Crippen molar-refractivity contribution < 1.29 is 19.7 Å². The van der Waals surface area contributed by atoms with Crippen LogP contribution in [0.2, 0.25) is 5.02 Å². The predicted molar refractivity (Wildman–Crippen MR) is 100 cm³/mol. The molecule has 1 aromatic heterocycles. The maximum absolute atomic E-state index is 11.0. The number of aromatic hydroxyl groups is 1. The highest BCUT2D eigenvalue weighted by Crippen LogP contribution is 2.33. The van der Waals surface area contributed by atoms with Crippen LogP contribution in [0.3, 0.4) is 0 Å². The van der Waals surface area contributed by atoms with Crippen molar-refractivity contribution >= 4 is 17.6 Å². The maximum atomic E-state index is 11.0. The lowest BCUT2D eigenvalue weighted by Crippen LogP contribution is -2.05. The lowest BCUT2D eigenvalue weighted by Gasteiger charge is -2.16. The summed E-state index contributed by atoms with van der Waals surface area (Å²) in [7, 11) is 1.60. The Morgan fingerprint density at radius 2 is 1.85 bits per heavy atom. The number of hydrogen-bond acceptors (Lipinski definition) is 3. The zero-order valence-electron chi connectivity index (χ0n) is 14.1. The molecule has 0 unspecified atom stereocenters. The first-order valence-corrected chi connectivity index (χ1v) is 8.43. The number of rotatable bonds is 6. The second-order valence-corrected chi connectivity index (χ2v) is 6.24. The summed E-state index contributed by atoms with van der Waals surface area (Å²) in [5.41, 5.74) is 3.02. The largest absolute Gasteiger partial charge is 0.506 e. The number of aryl methyl sites for hydroxylation is 1. The van der Waals surface area contributed by atoms with E-state index in [1.54, 1.807) is 19.2 Å². The molecule has 1 heterocycles. The predicted octanol–water partition coefficient (Wildman–Crippen LogP) is 4.53. The highest BCUT2D eigenvalue weighted by atomic mass is 35.5. The van der Waals surface area contributed by atoms with Crippen LogP contribution in [0.15, 0.2) is 54.6 Å². The molecule has 0 radical (unpaired) electrons. The number of methoxy groups -OCH3 is 1. The first-order valence-electron chi connectivity index (χ1n) is 8.05. The SMILES string of the molecule is COc1ccc(-c2ccc(CCC(=O)O)n2-c2cc(Cl)ccc2O)cc1. The first-order chi connectivity index (χ1) is 12.5. The van der Waals surface area contributed by atoms with Gasteiger partial charge in [0.15, 0.2) is 0 Å². The molecule has 0 saturated heterocycles. The molecule has 2 aromatic carbocycles. The Morgan fingerprint density at radius 1 is 1.12 bits per heavy atom. The number of hydrogen-bond donors (Lipinski definition) is 2. The lowest BCUT2D eigenvalue weighted by atomic mass is 10.1. The molecule has 0 fully saturated rings. The summed E-state index contributed by atoms with van der Waals surface area (Å²) in [6.07, 6.45) is 0.324. The van der Waals surface area contributed by atoms with Crippen molar-refractivity contribution in [1.82, 2.24) is 4.57 Å². The van der Waals surface area contributed by atoms with E-state index < -0.39 is 5.97 Å². The average molecular weight is 372 g/mol. The number of nitrogens with zero attached hydrogens (tertiary/aromatic N) is 1. The molecule has 2 N–H and O–H groups in total. The molecule has 26 heavy (non-hydrogen) atoms. The number of carboxylic acids is 1. The van der Waals surface area contributed by atoms with Crippen LogP contribution in [-0.4, -0.2) is 27.9 Å². The van der Waals surface area contributed by atoms with Gasteiger partial charge in [0.1, 0.15) is 11.5 Å². The third kappa shape index (κ3) is 3.68. The summed E-state index contributed by atoms with van der Waals surface area (Å²) >= 11 is 6.12. The zero-order valence-corrected chi connectivity index (χ0v) is 14.9. The van der Waals surface area contributed by atoms with Gasteiger partial charge in [-0.3, -0.25) is 4.79 Å². The zero-order chi connectivity index (χ0) is 18.7. The van der Waals surface area contributed by atoms with E-state index in [1.807, 2.05) is 41.0 Å². The smallest absolute Gasteiger partial charge is 0.303 e. The van der Waals surface area contributed by atoms with Gasteiger partial charge >= 0.3 is 5.97 Å². The molecule has 0 atom stereocenters. The minimum Gasteiger partial charge on any atom is -0.506 e. The molecule has 0 bridgehead atoms. The van der Waals surface area contributed by atoms with Crippen molar-refractivity contribution in [3.63, 3.8) is 0 Å². The molecular formula is C20H18ClNO4. The van der Waals surface area contributed by atoms with Gasteiger partial charge in [0.25, 0.3) is 0 Å². The van der Waals surface area contributed by atoms with E-state index >= 15 is 0 Å². The Balaban J connectivity index is 2.15. The molecule has 0 amide bonds. The number of carbonyl (C=O) groups is 1. The van der Waals surface area contributed by atoms with Crippen molar-refractivity contribution in [2.24, 2.45) is 0 Å². The van der Waals surface area contributed by atoms with E-state index in [0.717, 1.165) is 22.7 Å². The van der Waals surface area contributed by atoms with Crippen LogP contribution < -0.4 is 4.74 Å². The van der Waals surface area contributed by atoms with Crippen molar-refractivity contribution in [1.29, 1.82) is 0 Å². The van der Waals surface area contributed by atoms with E-state index in [4.69, 9.17) is 21.4 Å². The fourth-order valence-electron chi connectivity index (χ4n) is 2.86. The molecule has 0 spiro atoms. The van der Waals surface area contributed by atoms with Crippen LogP contribution >= 0.6 is 11.6 Å². The highest BCUT2D eigenvalue weighted by Gasteiger charge is 2.16. The monoisotopic (exact) mass is 371 g/mol. The van der Waals surface area contributed by atoms with Crippen LogP contribution in [0, 0.1) is 0 Å².